The van der Waals surface area contributed by atoms with E-state index in [0.717, 1.165) is 23.2 Å². The summed E-state index contributed by atoms with van der Waals surface area (Å²) in [5.41, 5.74) is 3.16. The predicted molar refractivity (Wildman–Crippen MR) is 90.8 cm³/mol. The van der Waals surface area contributed by atoms with Gasteiger partial charge in [0.25, 0.3) is 0 Å². The van der Waals surface area contributed by atoms with Crippen molar-refractivity contribution in [2.45, 2.75) is 65.8 Å². The van der Waals surface area contributed by atoms with Gasteiger partial charge in [0.05, 0.1) is 6.54 Å². The molecule has 0 bridgehead atoms. The highest BCUT2D eigenvalue weighted by Gasteiger charge is 2.08. The van der Waals surface area contributed by atoms with Crippen molar-refractivity contribution in [3.8, 4) is 0 Å². The van der Waals surface area contributed by atoms with Crippen molar-refractivity contribution in [2.75, 3.05) is 11.9 Å². The first-order valence-corrected chi connectivity index (χ1v) is 8.14. The molecule has 1 atom stereocenters. The van der Waals surface area contributed by atoms with Crippen LogP contribution in [-0.2, 0) is 4.79 Å². The molecule has 0 saturated carbocycles. The highest BCUT2D eigenvalue weighted by atomic mass is 16.1. The molecular weight excluding hydrogens is 260 g/mol. The van der Waals surface area contributed by atoms with E-state index in [-0.39, 0.29) is 5.91 Å². The second kappa shape index (κ2) is 9.56. The lowest BCUT2D eigenvalue weighted by Gasteiger charge is -2.15. The summed E-state index contributed by atoms with van der Waals surface area (Å²) in [7, 11) is 0. The fourth-order valence-corrected chi connectivity index (χ4v) is 2.44. The van der Waals surface area contributed by atoms with E-state index in [0.29, 0.717) is 12.6 Å². The zero-order chi connectivity index (χ0) is 15.7. The predicted octanol–water partition coefficient (Wildman–Crippen LogP) is 4.19. The van der Waals surface area contributed by atoms with Gasteiger partial charge >= 0.3 is 0 Å². The Labute approximate surface area is 129 Å². The SMILES string of the molecule is CCCCCCC(C)NCC(=O)Nc1c(C)cccc1C. The van der Waals surface area contributed by atoms with Crippen LogP contribution in [-0.4, -0.2) is 18.5 Å². The second-order valence-electron chi connectivity index (χ2n) is 5.95. The van der Waals surface area contributed by atoms with Crippen molar-refractivity contribution in [3.05, 3.63) is 29.3 Å². The van der Waals surface area contributed by atoms with E-state index in [2.05, 4.69) is 24.5 Å². The smallest absolute Gasteiger partial charge is 0.238 e. The van der Waals surface area contributed by atoms with Crippen LogP contribution < -0.4 is 10.6 Å². The first-order valence-electron chi connectivity index (χ1n) is 8.14. The monoisotopic (exact) mass is 290 g/mol. The number of rotatable bonds is 9. The van der Waals surface area contributed by atoms with Gasteiger partial charge in [0.15, 0.2) is 0 Å². The van der Waals surface area contributed by atoms with Crippen LogP contribution in [0, 0.1) is 13.8 Å². The molecule has 0 heterocycles. The quantitative estimate of drug-likeness (QED) is 0.670. The average Bonchev–Trinajstić information content (AvgIpc) is 2.45. The van der Waals surface area contributed by atoms with E-state index in [1.165, 1.54) is 25.7 Å². The highest BCUT2D eigenvalue weighted by molar-refractivity contribution is 5.93. The summed E-state index contributed by atoms with van der Waals surface area (Å²) in [4.78, 5) is 12.0. The molecule has 0 saturated heterocycles. The number of carbonyl (C=O) groups is 1. The maximum atomic E-state index is 12.0. The van der Waals surface area contributed by atoms with Gasteiger partial charge in [-0.25, -0.2) is 0 Å². The molecule has 0 aliphatic carbocycles. The van der Waals surface area contributed by atoms with Gasteiger partial charge < -0.3 is 10.6 Å². The van der Waals surface area contributed by atoms with Crippen molar-refractivity contribution >= 4 is 11.6 Å². The van der Waals surface area contributed by atoms with E-state index >= 15 is 0 Å². The number of hydrogen-bond acceptors (Lipinski definition) is 2. The lowest BCUT2D eigenvalue weighted by atomic mass is 10.1. The van der Waals surface area contributed by atoms with Crippen molar-refractivity contribution < 1.29 is 4.79 Å². The molecule has 3 nitrogen and oxygen atoms in total. The van der Waals surface area contributed by atoms with Gasteiger partial charge in [0.2, 0.25) is 5.91 Å². The van der Waals surface area contributed by atoms with Gasteiger partial charge in [-0.2, -0.15) is 0 Å². The lowest BCUT2D eigenvalue weighted by molar-refractivity contribution is -0.115. The fraction of sp³-hybridized carbons (Fsp3) is 0.611. The molecule has 118 valence electrons. The summed E-state index contributed by atoms with van der Waals surface area (Å²) >= 11 is 0. The summed E-state index contributed by atoms with van der Waals surface area (Å²) in [6.45, 7) is 8.79. The molecule has 0 aromatic heterocycles. The fourth-order valence-electron chi connectivity index (χ4n) is 2.44. The zero-order valence-electron chi connectivity index (χ0n) is 14.0. The standard InChI is InChI=1S/C18H30N2O/c1-5-6-7-8-12-16(4)19-13-17(21)20-18-14(2)10-9-11-15(18)3/h9-11,16,19H,5-8,12-13H2,1-4H3,(H,20,21). The summed E-state index contributed by atoms with van der Waals surface area (Å²) in [6, 6.07) is 6.45. The highest BCUT2D eigenvalue weighted by Crippen LogP contribution is 2.19. The van der Waals surface area contributed by atoms with Crippen molar-refractivity contribution in [3.63, 3.8) is 0 Å². The topological polar surface area (TPSA) is 41.1 Å². The minimum atomic E-state index is 0.0350. The Morgan fingerprint density at radius 3 is 2.43 bits per heavy atom. The molecule has 3 heteroatoms. The van der Waals surface area contributed by atoms with E-state index in [9.17, 15) is 4.79 Å². The average molecular weight is 290 g/mol. The van der Waals surface area contributed by atoms with Crippen LogP contribution in [0.15, 0.2) is 18.2 Å². The Hall–Kier alpha value is -1.35. The third-order valence-electron chi connectivity index (χ3n) is 3.85. The van der Waals surface area contributed by atoms with Crippen LogP contribution >= 0.6 is 0 Å². The number of unbranched alkanes of at least 4 members (excludes halogenated alkanes) is 3. The summed E-state index contributed by atoms with van der Waals surface area (Å²) < 4.78 is 0. The third kappa shape index (κ3) is 6.76. The van der Waals surface area contributed by atoms with Crippen molar-refractivity contribution in [1.29, 1.82) is 0 Å². The lowest BCUT2D eigenvalue weighted by Crippen LogP contribution is -2.34. The molecule has 1 rings (SSSR count). The molecule has 1 amide bonds. The molecule has 0 spiro atoms. The molecule has 1 aromatic carbocycles. The molecule has 0 aliphatic heterocycles. The van der Waals surface area contributed by atoms with Crippen LogP contribution in [0.3, 0.4) is 0 Å². The summed E-state index contributed by atoms with van der Waals surface area (Å²) in [5.74, 6) is 0.0350. The summed E-state index contributed by atoms with van der Waals surface area (Å²) in [6.07, 6.45) is 6.23. The van der Waals surface area contributed by atoms with Crippen molar-refractivity contribution in [2.24, 2.45) is 0 Å². The molecule has 21 heavy (non-hydrogen) atoms. The summed E-state index contributed by atoms with van der Waals surface area (Å²) in [5, 5.41) is 6.32. The van der Waals surface area contributed by atoms with E-state index in [4.69, 9.17) is 0 Å². The first-order chi connectivity index (χ1) is 10.0. The molecule has 1 aromatic rings. The number of carbonyl (C=O) groups excluding carboxylic acids is 1. The number of anilines is 1. The van der Waals surface area contributed by atoms with E-state index in [1.54, 1.807) is 0 Å². The number of para-hydroxylation sites is 1. The van der Waals surface area contributed by atoms with Crippen LogP contribution in [0.25, 0.3) is 0 Å². The third-order valence-corrected chi connectivity index (χ3v) is 3.85. The van der Waals surface area contributed by atoms with Crippen LogP contribution in [0.5, 0.6) is 0 Å². The Morgan fingerprint density at radius 2 is 1.81 bits per heavy atom. The Balaban J connectivity index is 2.31. The Morgan fingerprint density at radius 1 is 1.14 bits per heavy atom. The molecule has 2 N–H and O–H groups in total. The van der Waals surface area contributed by atoms with Crippen molar-refractivity contribution in [1.82, 2.24) is 5.32 Å². The van der Waals surface area contributed by atoms with Gasteiger partial charge in [0, 0.05) is 11.7 Å². The number of benzene rings is 1. The Bertz CT molecular complexity index is 423. The maximum absolute atomic E-state index is 12.0. The molecule has 0 radical (unpaired) electrons. The minimum absolute atomic E-state index is 0.0350. The maximum Gasteiger partial charge on any atom is 0.238 e. The van der Waals surface area contributed by atoms with Gasteiger partial charge in [-0.15, -0.1) is 0 Å². The zero-order valence-corrected chi connectivity index (χ0v) is 14.0. The molecular formula is C18H30N2O. The molecule has 0 fully saturated rings. The van der Waals surface area contributed by atoms with E-state index in [1.807, 2.05) is 32.0 Å². The van der Waals surface area contributed by atoms with Gasteiger partial charge in [0.1, 0.15) is 0 Å². The van der Waals surface area contributed by atoms with Crippen LogP contribution in [0.2, 0.25) is 0 Å². The van der Waals surface area contributed by atoms with Gasteiger partial charge in [-0.1, -0.05) is 50.8 Å². The normalized spacial score (nSPS) is 12.2. The van der Waals surface area contributed by atoms with Gasteiger partial charge in [-0.05, 0) is 38.3 Å². The number of amides is 1. The minimum Gasteiger partial charge on any atom is -0.324 e. The molecule has 0 aliphatic rings. The van der Waals surface area contributed by atoms with E-state index < -0.39 is 0 Å². The second-order valence-corrected chi connectivity index (χ2v) is 5.95. The number of nitrogens with one attached hydrogen (secondary N) is 2. The number of aryl methyl sites for hydroxylation is 2. The number of hydrogen-bond donors (Lipinski definition) is 2. The largest absolute Gasteiger partial charge is 0.324 e. The van der Waals surface area contributed by atoms with Crippen LogP contribution in [0.1, 0.15) is 57.1 Å². The molecule has 1 unspecified atom stereocenters. The first kappa shape index (κ1) is 17.7. The van der Waals surface area contributed by atoms with Crippen LogP contribution in [0.4, 0.5) is 5.69 Å². The van der Waals surface area contributed by atoms with Gasteiger partial charge in [-0.3, -0.25) is 4.79 Å². The Kier molecular flexibility index (Phi) is 8.06.